The molecule has 0 spiro atoms. The molecule has 0 aliphatic rings. The zero-order chi connectivity index (χ0) is 13.7. The Morgan fingerprint density at radius 3 is 2.95 bits per heavy atom. The van der Waals surface area contributed by atoms with E-state index < -0.39 is 0 Å². The van der Waals surface area contributed by atoms with Gasteiger partial charge < -0.3 is 10.1 Å². The van der Waals surface area contributed by atoms with Crippen LogP contribution in [0.4, 0.5) is 5.69 Å². The third-order valence-corrected chi connectivity index (χ3v) is 2.72. The van der Waals surface area contributed by atoms with Gasteiger partial charge in [-0.15, -0.1) is 0 Å². The molecule has 19 heavy (non-hydrogen) atoms. The van der Waals surface area contributed by atoms with Crippen molar-refractivity contribution in [2.45, 2.75) is 6.42 Å². The Labute approximate surface area is 112 Å². The van der Waals surface area contributed by atoms with Crippen LogP contribution in [0.15, 0.2) is 36.7 Å². The van der Waals surface area contributed by atoms with Gasteiger partial charge in [-0.1, -0.05) is 12.1 Å². The lowest BCUT2D eigenvalue weighted by Gasteiger charge is -2.06. The van der Waals surface area contributed by atoms with Gasteiger partial charge in [0, 0.05) is 31.6 Å². The van der Waals surface area contributed by atoms with Crippen molar-refractivity contribution in [3.63, 3.8) is 0 Å². The van der Waals surface area contributed by atoms with Gasteiger partial charge >= 0.3 is 0 Å². The number of nitrogens with zero attached hydrogens (tertiary/aromatic N) is 2. The summed E-state index contributed by atoms with van der Waals surface area (Å²) in [4.78, 5) is 11.6. The summed E-state index contributed by atoms with van der Waals surface area (Å²) in [7, 11) is 3.45. The highest BCUT2D eigenvalue weighted by molar-refractivity contribution is 5.91. The summed E-state index contributed by atoms with van der Waals surface area (Å²) in [5.41, 5.74) is 2.83. The summed E-state index contributed by atoms with van der Waals surface area (Å²) in [6, 6.07) is 7.70. The minimum atomic E-state index is -0.0508. The van der Waals surface area contributed by atoms with Crippen molar-refractivity contribution in [1.29, 1.82) is 0 Å². The van der Waals surface area contributed by atoms with Gasteiger partial charge in [0.05, 0.1) is 19.2 Å². The Morgan fingerprint density at radius 2 is 2.26 bits per heavy atom. The molecule has 0 aliphatic heterocycles. The monoisotopic (exact) mass is 259 g/mol. The van der Waals surface area contributed by atoms with Crippen molar-refractivity contribution < 1.29 is 9.53 Å². The number of amides is 1. The van der Waals surface area contributed by atoms with Gasteiger partial charge in [0.1, 0.15) is 0 Å². The van der Waals surface area contributed by atoms with Crippen LogP contribution in [0.1, 0.15) is 6.42 Å². The molecule has 0 atom stereocenters. The molecule has 1 aromatic carbocycles. The minimum Gasteiger partial charge on any atom is -0.384 e. The van der Waals surface area contributed by atoms with Crippen LogP contribution in [0.5, 0.6) is 0 Å². The Morgan fingerprint density at radius 1 is 1.42 bits per heavy atom. The molecule has 0 saturated heterocycles. The lowest BCUT2D eigenvalue weighted by molar-refractivity contribution is -0.117. The molecule has 0 unspecified atom stereocenters. The summed E-state index contributed by atoms with van der Waals surface area (Å²) in [5, 5.41) is 6.98. The predicted molar refractivity (Wildman–Crippen MR) is 73.8 cm³/mol. The van der Waals surface area contributed by atoms with E-state index in [9.17, 15) is 4.79 Å². The smallest absolute Gasteiger partial charge is 0.226 e. The third-order valence-electron chi connectivity index (χ3n) is 2.72. The normalized spacial score (nSPS) is 10.4. The van der Waals surface area contributed by atoms with Crippen molar-refractivity contribution >= 4 is 11.6 Å². The highest BCUT2D eigenvalue weighted by Crippen LogP contribution is 2.21. The van der Waals surface area contributed by atoms with Gasteiger partial charge in [0.25, 0.3) is 0 Å². The van der Waals surface area contributed by atoms with Gasteiger partial charge in [0.2, 0.25) is 5.91 Å². The van der Waals surface area contributed by atoms with Crippen molar-refractivity contribution in [2.75, 3.05) is 19.0 Å². The molecular formula is C14H17N3O2. The fraction of sp³-hybridized carbons (Fsp3) is 0.286. The van der Waals surface area contributed by atoms with Gasteiger partial charge in [0.15, 0.2) is 0 Å². The molecule has 1 aromatic heterocycles. The van der Waals surface area contributed by atoms with E-state index in [0.29, 0.717) is 13.0 Å². The molecule has 100 valence electrons. The van der Waals surface area contributed by atoms with Crippen LogP contribution in [-0.2, 0) is 16.6 Å². The van der Waals surface area contributed by atoms with Crippen molar-refractivity contribution in [3.05, 3.63) is 36.7 Å². The summed E-state index contributed by atoms with van der Waals surface area (Å²) < 4.78 is 6.62. The molecule has 0 saturated carbocycles. The first-order valence-corrected chi connectivity index (χ1v) is 6.07. The topological polar surface area (TPSA) is 56.1 Å². The number of aryl methyl sites for hydroxylation is 1. The zero-order valence-electron chi connectivity index (χ0n) is 11.1. The molecular weight excluding hydrogens is 242 g/mol. The standard InChI is InChI=1S/C14H17N3O2/c1-17-10-12(9-15-17)11-4-3-5-13(8-11)16-14(18)6-7-19-2/h3-5,8-10H,6-7H2,1-2H3,(H,16,18). The summed E-state index contributed by atoms with van der Waals surface area (Å²) in [6.07, 6.45) is 4.09. The SMILES string of the molecule is COCCC(=O)Nc1cccc(-c2cnn(C)c2)c1. The van der Waals surface area contributed by atoms with Crippen LogP contribution in [-0.4, -0.2) is 29.4 Å². The van der Waals surface area contributed by atoms with Crippen LogP contribution < -0.4 is 5.32 Å². The van der Waals surface area contributed by atoms with Gasteiger partial charge in [-0.05, 0) is 17.7 Å². The van der Waals surface area contributed by atoms with Crippen LogP contribution in [0.3, 0.4) is 0 Å². The average Bonchev–Trinajstić information content (AvgIpc) is 2.83. The fourth-order valence-electron chi connectivity index (χ4n) is 1.77. The maximum atomic E-state index is 11.6. The van der Waals surface area contributed by atoms with Crippen LogP contribution >= 0.6 is 0 Å². The average molecular weight is 259 g/mol. The van der Waals surface area contributed by atoms with E-state index in [1.165, 1.54) is 0 Å². The molecule has 5 nitrogen and oxygen atoms in total. The van der Waals surface area contributed by atoms with Crippen LogP contribution in [0, 0.1) is 0 Å². The van der Waals surface area contributed by atoms with E-state index in [-0.39, 0.29) is 5.91 Å². The molecule has 0 radical (unpaired) electrons. The van der Waals surface area contributed by atoms with Gasteiger partial charge in [-0.3, -0.25) is 9.48 Å². The Balaban J connectivity index is 2.09. The largest absolute Gasteiger partial charge is 0.384 e. The summed E-state index contributed by atoms with van der Waals surface area (Å²) in [6.45, 7) is 0.425. The Hall–Kier alpha value is -2.14. The number of hydrogen-bond acceptors (Lipinski definition) is 3. The van der Waals surface area contributed by atoms with Crippen molar-refractivity contribution in [3.8, 4) is 11.1 Å². The van der Waals surface area contributed by atoms with E-state index in [1.807, 2.05) is 37.5 Å². The Kier molecular flexibility index (Phi) is 4.30. The summed E-state index contributed by atoms with van der Waals surface area (Å²) >= 11 is 0. The highest BCUT2D eigenvalue weighted by atomic mass is 16.5. The first-order valence-electron chi connectivity index (χ1n) is 6.07. The molecule has 2 aromatic rings. The van der Waals surface area contributed by atoms with E-state index in [1.54, 1.807) is 18.0 Å². The molecule has 1 amide bonds. The number of anilines is 1. The zero-order valence-corrected chi connectivity index (χ0v) is 11.1. The minimum absolute atomic E-state index is 0.0508. The molecule has 0 aliphatic carbocycles. The second-order valence-electron chi connectivity index (χ2n) is 4.27. The molecule has 5 heteroatoms. The molecule has 2 rings (SSSR count). The van der Waals surface area contributed by atoms with E-state index in [4.69, 9.17) is 4.74 Å². The Bertz CT molecular complexity index is 563. The third kappa shape index (κ3) is 3.66. The maximum Gasteiger partial charge on any atom is 0.226 e. The van der Waals surface area contributed by atoms with Gasteiger partial charge in [-0.25, -0.2) is 0 Å². The van der Waals surface area contributed by atoms with Crippen molar-refractivity contribution in [2.24, 2.45) is 7.05 Å². The molecule has 1 heterocycles. The summed E-state index contributed by atoms with van der Waals surface area (Å²) in [5.74, 6) is -0.0508. The highest BCUT2D eigenvalue weighted by Gasteiger charge is 2.04. The van der Waals surface area contributed by atoms with Crippen LogP contribution in [0.25, 0.3) is 11.1 Å². The van der Waals surface area contributed by atoms with E-state index in [2.05, 4.69) is 10.4 Å². The quantitative estimate of drug-likeness (QED) is 0.894. The predicted octanol–water partition coefficient (Wildman–Crippen LogP) is 2.06. The van der Waals surface area contributed by atoms with E-state index >= 15 is 0 Å². The number of aromatic nitrogens is 2. The number of carbonyl (C=O) groups excluding carboxylic acids is 1. The first-order chi connectivity index (χ1) is 9.19. The molecule has 0 bridgehead atoms. The second-order valence-corrected chi connectivity index (χ2v) is 4.27. The van der Waals surface area contributed by atoms with Crippen LogP contribution in [0.2, 0.25) is 0 Å². The number of hydrogen-bond donors (Lipinski definition) is 1. The number of benzene rings is 1. The number of rotatable bonds is 5. The lowest BCUT2D eigenvalue weighted by atomic mass is 10.1. The number of methoxy groups -OCH3 is 1. The number of ether oxygens (including phenoxy) is 1. The number of nitrogens with one attached hydrogen (secondary N) is 1. The van der Waals surface area contributed by atoms with E-state index in [0.717, 1.165) is 16.8 Å². The fourth-order valence-corrected chi connectivity index (χ4v) is 1.77. The second kappa shape index (κ2) is 6.15. The molecule has 1 N–H and O–H groups in total. The van der Waals surface area contributed by atoms with Crippen molar-refractivity contribution in [1.82, 2.24) is 9.78 Å². The lowest BCUT2D eigenvalue weighted by Crippen LogP contribution is -2.13. The number of carbonyl (C=O) groups is 1. The molecule has 0 fully saturated rings. The maximum absolute atomic E-state index is 11.6. The van der Waals surface area contributed by atoms with Gasteiger partial charge in [-0.2, -0.15) is 5.10 Å². The first kappa shape index (κ1) is 13.3.